The van der Waals surface area contributed by atoms with Crippen molar-refractivity contribution in [3.63, 3.8) is 0 Å². The summed E-state index contributed by atoms with van der Waals surface area (Å²) in [4.78, 5) is 0. The van der Waals surface area contributed by atoms with Gasteiger partial charge in [-0.2, -0.15) is 0 Å². The van der Waals surface area contributed by atoms with E-state index in [1.54, 1.807) is 26.0 Å². The van der Waals surface area contributed by atoms with Gasteiger partial charge in [0.2, 0.25) is 7.28 Å². The summed E-state index contributed by atoms with van der Waals surface area (Å²) in [5.74, 6) is 1.71. The number of hydrogen-bond acceptors (Lipinski definition) is 3. The second kappa shape index (κ2) is 5.84. The van der Waals surface area contributed by atoms with Crippen LogP contribution < -0.4 is 15.7 Å². The van der Waals surface area contributed by atoms with E-state index in [1.165, 1.54) is 0 Å². The molecule has 3 aliphatic rings. The van der Waals surface area contributed by atoms with Crippen LogP contribution in [0.1, 0.15) is 36.1 Å². The largest absolute Gasteiger partial charge is 0.458 e. The third-order valence-electron chi connectivity index (χ3n) is 5.64. The Morgan fingerprint density at radius 2 is 1.11 bits per heavy atom. The topological polar surface area (TPSA) is 49.7 Å². The second-order valence-corrected chi connectivity index (χ2v) is 8.15. The predicted molar refractivity (Wildman–Crippen MR) is 117 cm³/mol. The number of rotatable bonds is 0. The molecule has 1 aliphatic heterocycles. The minimum Gasteiger partial charge on any atom is -0.458 e. The molecule has 1 heterocycles. The minimum absolute atomic E-state index is 0.734. The Balaban J connectivity index is 1.66. The number of fused-ring (bicyclic) bond motifs is 6. The predicted octanol–water partition coefficient (Wildman–Crippen LogP) is 2.76. The van der Waals surface area contributed by atoms with Crippen LogP contribution in [0.4, 0.5) is 0 Å². The van der Waals surface area contributed by atoms with Crippen LogP contribution in [0.25, 0.3) is 24.3 Å². The summed E-state index contributed by atoms with van der Waals surface area (Å²) >= 11 is 0. The van der Waals surface area contributed by atoms with Crippen LogP contribution in [-0.4, -0.2) is 28.7 Å². The molecule has 0 amide bonds. The zero-order valence-corrected chi connectivity index (χ0v) is 15.9. The molecule has 2 unspecified atom stereocenters. The summed E-state index contributed by atoms with van der Waals surface area (Å²) < 4.78 is 6.25. The normalized spacial score (nSPS) is 26.1. The van der Waals surface area contributed by atoms with Gasteiger partial charge in [0.05, 0.1) is 11.2 Å². The molecule has 28 heavy (non-hydrogen) atoms. The van der Waals surface area contributed by atoms with E-state index in [-0.39, 0.29) is 0 Å². The van der Waals surface area contributed by atoms with Gasteiger partial charge >= 0.3 is 0 Å². The fourth-order valence-electron chi connectivity index (χ4n) is 3.99. The van der Waals surface area contributed by atoms with Gasteiger partial charge in [0.15, 0.2) is 0 Å². The molecule has 2 aliphatic carbocycles. The molecule has 0 fully saturated rings. The minimum atomic E-state index is -0.963. The van der Waals surface area contributed by atoms with Crippen LogP contribution in [0.5, 0.6) is 11.5 Å². The molecule has 2 aromatic carbocycles. The summed E-state index contributed by atoms with van der Waals surface area (Å²) in [6.07, 6.45) is 15.2. The first-order valence-corrected chi connectivity index (χ1v) is 9.53. The van der Waals surface area contributed by atoms with Crippen molar-refractivity contribution in [1.29, 1.82) is 0 Å². The standard InChI is InChI=1S/C24H21BO3/c1-23(26)11-7-15-3-5-19-21(17(15)9-13-23)25-22-18-10-14-24(2,27)12-8-16(18)4-6-20(22)28-19/h3-14,25-27H,1-2H3. The van der Waals surface area contributed by atoms with Crippen LogP contribution in [0.2, 0.25) is 0 Å². The fraction of sp³-hybridized carbons (Fsp3) is 0.167. The van der Waals surface area contributed by atoms with E-state index in [1.807, 2.05) is 60.7 Å². The van der Waals surface area contributed by atoms with Crippen molar-refractivity contribution in [2.75, 3.05) is 0 Å². The van der Waals surface area contributed by atoms with E-state index in [9.17, 15) is 10.2 Å². The number of ether oxygens (including phenoxy) is 1. The van der Waals surface area contributed by atoms with E-state index < -0.39 is 11.2 Å². The van der Waals surface area contributed by atoms with Crippen LogP contribution in [0.3, 0.4) is 0 Å². The maximum Gasteiger partial charge on any atom is 0.203 e. The van der Waals surface area contributed by atoms with Crippen molar-refractivity contribution in [1.82, 2.24) is 0 Å². The summed E-state index contributed by atoms with van der Waals surface area (Å²) in [7, 11) is 0.734. The number of aliphatic hydroxyl groups is 2. The van der Waals surface area contributed by atoms with E-state index in [4.69, 9.17) is 4.74 Å². The highest BCUT2D eigenvalue weighted by atomic mass is 16.5. The lowest BCUT2D eigenvalue weighted by Gasteiger charge is -2.24. The highest BCUT2D eigenvalue weighted by Crippen LogP contribution is 2.31. The van der Waals surface area contributed by atoms with Gasteiger partial charge in [-0.1, -0.05) is 36.4 Å². The summed E-state index contributed by atoms with van der Waals surface area (Å²) in [6.45, 7) is 3.54. The fourth-order valence-corrected chi connectivity index (χ4v) is 3.99. The Morgan fingerprint density at radius 3 is 1.57 bits per heavy atom. The van der Waals surface area contributed by atoms with Gasteiger partial charge in [0.25, 0.3) is 0 Å². The smallest absolute Gasteiger partial charge is 0.203 e. The first-order chi connectivity index (χ1) is 13.3. The molecule has 2 aromatic rings. The van der Waals surface area contributed by atoms with Gasteiger partial charge in [0.1, 0.15) is 11.5 Å². The molecule has 2 N–H and O–H groups in total. The van der Waals surface area contributed by atoms with Crippen molar-refractivity contribution >= 4 is 42.5 Å². The molecule has 0 saturated carbocycles. The van der Waals surface area contributed by atoms with Crippen molar-refractivity contribution in [2.24, 2.45) is 0 Å². The van der Waals surface area contributed by atoms with Gasteiger partial charge in [0, 0.05) is 0 Å². The van der Waals surface area contributed by atoms with Crippen molar-refractivity contribution < 1.29 is 14.9 Å². The Hall–Kier alpha value is -2.82. The van der Waals surface area contributed by atoms with Gasteiger partial charge in [-0.25, -0.2) is 0 Å². The van der Waals surface area contributed by atoms with Crippen molar-refractivity contribution in [3.8, 4) is 11.5 Å². The molecule has 0 saturated heterocycles. The van der Waals surface area contributed by atoms with E-state index >= 15 is 0 Å². The van der Waals surface area contributed by atoms with Gasteiger partial charge in [-0.15, -0.1) is 0 Å². The Morgan fingerprint density at radius 1 is 0.679 bits per heavy atom. The number of hydrogen-bond donors (Lipinski definition) is 2. The first kappa shape index (κ1) is 17.3. The molecule has 0 bridgehead atoms. The molecular weight excluding hydrogens is 347 g/mol. The van der Waals surface area contributed by atoms with E-state index in [0.717, 1.165) is 52.0 Å². The lowest BCUT2D eigenvalue weighted by molar-refractivity contribution is 0.165. The molecule has 138 valence electrons. The molecular formula is C24H21BO3. The summed E-state index contributed by atoms with van der Waals surface area (Å²) in [6, 6.07) is 8.07. The SMILES string of the molecule is CC1(O)C=Cc2ccc3c(c2C=C1)Bc1c(ccc2c1C=CC(C)(O)C=C2)O3. The van der Waals surface area contributed by atoms with Crippen molar-refractivity contribution in [3.05, 3.63) is 70.8 Å². The maximum atomic E-state index is 10.4. The molecule has 0 spiro atoms. The molecule has 4 heteroatoms. The van der Waals surface area contributed by atoms with Gasteiger partial charge in [-0.3, -0.25) is 0 Å². The Labute approximate surface area is 165 Å². The molecule has 0 radical (unpaired) electrons. The average molecular weight is 368 g/mol. The van der Waals surface area contributed by atoms with Crippen LogP contribution >= 0.6 is 0 Å². The van der Waals surface area contributed by atoms with Crippen LogP contribution in [-0.2, 0) is 0 Å². The van der Waals surface area contributed by atoms with Crippen molar-refractivity contribution in [2.45, 2.75) is 25.0 Å². The van der Waals surface area contributed by atoms with Gasteiger partial charge < -0.3 is 14.9 Å². The average Bonchev–Trinajstić information content (AvgIpc) is 2.91. The lowest BCUT2D eigenvalue weighted by Crippen LogP contribution is -2.37. The zero-order chi connectivity index (χ0) is 19.5. The third kappa shape index (κ3) is 2.86. The Bertz CT molecular complexity index is 1030. The summed E-state index contributed by atoms with van der Waals surface area (Å²) in [5.41, 5.74) is 4.60. The van der Waals surface area contributed by atoms with Crippen LogP contribution in [0.15, 0.2) is 48.6 Å². The highest BCUT2D eigenvalue weighted by Gasteiger charge is 2.27. The molecule has 0 aromatic heterocycles. The van der Waals surface area contributed by atoms with E-state index in [0.29, 0.717) is 0 Å². The molecule has 3 nitrogen and oxygen atoms in total. The third-order valence-corrected chi connectivity index (χ3v) is 5.64. The Kier molecular flexibility index (Phi) is 3.61. The zero-order valence-electron chi connectivity index (χ0n) is 15.9. The number of benzene rings is 2. The summed E-state index contributed by atoms with van der Waals surface area (Å²) in [5, 5.41) is 20.8. The monoisotopic (exact) mass is 368 g/mol. The quantitative estimate of drug-likeness (QED) is 0.600. The highest BCUT2D eigenvalue weighted by molar-refractivity contribution is 6.71. The first-order valence-electron chi connectivity index (χ1n) is 9.53. The molecule has 2 atom stereocenters. The molecule has 5 rings (SSSR count). The van der Waals surface area contributed by atoms with Crippen LogP contribution in [0, 0.1) is 0 Å². The lowest BCUT2D eigenvalue weighted by atomic mass is 9.58. The van der Waals surface area contributed by atoms with Gasteiger partial charge in [-0.05, 0) is 83.5 Å². The van der Waals surface area contributed by atoms with E-state index in [2.05, 4.69) is 0 Å². The second-order valence-electron chi connectivity index (χ2n) is 8.15. The maximum absolute atomic E-state index is 10.4.